The van der Waals surface area contributed by atoms with Crippen LogP contribution in [0.5, 0.6) is 5.75 Å². The van der Waals surface area contributed by atoms with Crippen LogP contribution < -0.4 is 0 Å². The molecule has 0 aliphatic carbocycles. The first kappa shape index (κ1) is 9.91. The van der Waals surface area contributed by atoms with Gasteiger partial charge >= 0.3 is 0 Å². The molecule has 0 bridgehead atoms. The van der Waals surface area contributed by atoms with Crippen molar-refractivity contribution < 1.29 is 22.3 Å². The molecule has 0 atom stereocenters. The summed E-state index contributed by atoms with van der Waals surface area (Å²) in [5.41, 5.74) is 0. The standard InChI is InChI=1S/C7H6F2O3S/c1-13(11,12)7-5(8)2-4(10)3-6(7)9/h2-3,10H,1H3. The number of phenols is 1. The Morgan fingerprint density at radius 1 is 1.23 bits per heavy atom. The molecule has 0 amide bonds. The number of benzene rings is 1. The third kappa shape index (κ3) is 1.95. The average Bonchev–Trinajstić information content (AvgIpc) is 1.78. The molecule has 0 unspecified atom stereocenters. The maximum absolute atomic E-state index is 12.8. The smallest absolute Gasteiger partial charge is 0.181 e. The van der Waals surface area contributed by atoms with Crippen LogP contribution in [0.25, 0.3) is 0 Å². The van der Waals surface area contributed by atoms with E-state index in [1.165, 1.54) is 0 Å². The Morgan fingerprint density at radius 2 is 1.62 bits per heavy atom. The SMILES string of the molecule is CS(=O)(=O)c1c(F)cc(O)cc1F. The Hall–Kier alpha value is -1.17. The van der Waals surface area contributed by atoms with Crippen LogP contribution in [0.4, 0.5) is 8.78 Å². The number of hydrogen-bond donors (Lipinski definition) is 1. The first-order chi connectivity index (χ1) is 5.82. The lowest BCUT2D eigenvalue weighted by Gasteiger charge is -2.02. The van der Waals surface area contributed by atoms with E-state index in [9.17, 15) is 17.2 Å². The highest BCUT2D eigenvalue weighted by molar-refractivity contribution is 7.90. The largest absolute Gasteiger partial charge is 0.508 e. The lowest BCUT2D eigenvalue weighted by atomic mass is 10.3. The topological polar surface area (TPSA) is 54.4 Å². The van der Waals surface area contributed by atoms with Gasteiger partial charge in [0.25, 0.3) is 0 Å². The van der Waals surface area contributed by atoms with Gasteiger partial charge in [0.2, 0.25) is 0 Å². The van der Waals surface area contributed by atoms with E-state index in [0.29, 0.717) is 18.4 Å². The summed E-state index contributed by atoms with van der Waals surface area (Å²) in [6.07, 6.45) is 0.686. The van der Waals surface area contributed by atoms with Gasteiger partial charge in [0.15, 0.2) is 9.84 Å². The van der Waals surface area contributed by atoms with E-state index in [1.54, 1.807) is 0 Å². The molecule has 1 rings (SSSR count). The normalized spacial score (nSPS) is 11.6. The Bertz CT molecular complexity index is 416. The summed E-state index contributed by atoms with van der Waals surface area (Å²) < 4.78 is 47.3. The molecular weight excluding hydrogens is 202 g/mol. The third-order valence-electron chi connectivity index (χ3n) is 1.35. The van der Waals surface area contributed by atoms with Gasteiger partial charge in [-0.1, -0.05) is 0 Å². The van der Waals surface area contributed by atoms with E-state index < -0.39 is 32.1 Å². The minimum atomic E-state index is -3.94. The van der Waals surface area contributed by atoms with E-state index >= 15 is 0 Å². The van der Waals surface area contributed by atoms with Crippen molar-refractivity contribution in [2.24, 2.45) is 0 Å². The average molecular weight is 208 g/mol. The molecule has 3 nitrogen and oxygen atoms in total. The van der Waals surface area contributed by atoms with Crippen LogP contribution in [0.2, 0.25) is 0 Å². The van der Waals surface area contributed by atoms with E-state index in [2.05, 4.69) is 0 Å². The Balaban J connectivity index is 3.57. The number of aromatic hydroxyl groups is 1. The second-order valence-corrected chi connectivity index (χ2v) is 4.46. The minimum Gasteiger partial charge on any atom is -0.508 e. The molecule has 1 N–H and O–H groups in total. The van der Waals surface area contributed by atoms with Crippen LogP contribution in [0, 0.1) is 11.6 Å². The van der Waals surface area contributed by atoms with Gasteiger partial charge in [-0.2, -0.15) is 0 Å². The predicted molar refractivity (Wildman–Crippen MR) is 41.1 cm³/mol. The second kappa shape index (κ2) is 2.95. The molecule has 0 saturated heterocycles. The summed E-state index contributed by atoms with van der Waals surface area (Å²) in [5, 5.41) is 8.71. The maximum atomic E-state index is 12.8. The van der Waals surface area contributed by atoms with Crippen LogP contribution in [-0.4, -0.2) is 19.8 Å². The van der Waals surface area contributed by atoms with Crippen molar-refractivity contribution in [3.63, 3.8) is 0 Å². The monoisotopic (exact) mass is 208 g/mol. The molecule has 13 heavy (non-hydrogen) atoms. The highest BCUT2D eigenvalue weighted by Gasteiger charge is 2.20. The molecule has 0 radical (unpaired) electrons. The van der Waals surface area contributed by atoms with E-state index in [0.717, 1.165) is 0 Å². The fraction of sp³-hybridized carbons (Fsp3) is 0.143. The van der Waals surface area contributed by atoms with Crippen molar-refractivity contribution in [1.29, 1.82) is 0 Å². The van der Waals surface area contributed by atoms with Gasteiger partial charge in [0.1, 0.15) is 22.3 Å². The zero-order valence-electron chi connectivity index (χ0n) is 6.58. The van der Waals surface area contributed by atoms with Gasteiger partial charge in [0, 0.05) is 18.4 Å². The van der Waals surface area contributed by atoms with Crippen molar-refractivity contribution in [1.82, 2.24) is 0 Å². The Kier molecular flexibility index (Phi) is 2.25. The van der Waals surface area contributed by atoms with Crippen LogP contribution in [0.15, 0.2) is 17.0 Å². The van der Waals surface area contributed by atoms with Gasteiger partial charge in [-0.05, 0) is 0 Å². The molecule has 1 aromatic carbocycles. The maximum Gasteiger partial charge on any atom is 0.181 e. The lowest BCUT2D eigenvalue weighted by molar-refractivity contribution is 0.450. The Morgan fingerprint density at radius 3 is 1.92 bits per heavy atom. The van der Waals surface area contributed by atoms with E-state index in [4.69, 9.17) is 5.11 Å². The number of rotatable bonds is 1. The number of phenolic OH excluding ortho intramolecular Hbond substituents is 1. The summed E-state index contributed by atoms with van der Waals surface area (Å²) in [5.74, 6) is -3.23. The van der Waals surface area contributed by atoms with Crippen LogP contribution in [0.1, 0.15) is 0 Å². The zero-order valence-corrected chi connectivity index (χ0v) is 7.40. The zero-order chi connectivity index (χ0) is 10.2. The highest BCUT2D eigenvalue weighted by atomic mass is 32.2. The van der Waals surface area contributed by atoms with Crippen LogP contribution >= 0.6 is 0 Å². The summed E-state index contributed by atoms with van der Waals surface area (Å²) in [4.78, 5) is -1.02. The second-order valence-electron chi connectivity index (χ2n) is 2.51. The van der Waals surface area contributed by atoms with Crippen molar-refractivity contribution in [3.05, 3.63) is 23.8 Å². The van der Waals surface area contributed by atoms with Crippen molar-refractivity contribution >= 4 is 9.84 Å². The quantitative estimate of drug-likeness (QED) is 0.751. The summed E-state index contributed by atoms with van der Waals surface area (Å²) in [6, 6.07) is 1.08. The summed E-state index contributed by atoms with van der Waals surface area (Å²) >= 11 is 0. The Labute approximate surface area is 73.5 Å². The molecule has 72 valence electrons. The predicted octanol–water partition coefficient (Wildman–Crippen LogP) is 1.07. The number of halogens is 2. The fourth-order valence-electron chi connectivity index (χ4n) is 0.901. The summed E-state index contributed by atoms with van der Waals surface area (Å²) in [7, 11) is -3.94. The molecule has 1 aromatic rings. The number of sulfone groups is 1. The molecule has 6 heteroatoms. The van der Waals surface area contributed by atoms with E-state index in [1.807, 2.05) is 0 Å². The van der Waals surface area contributed by atoms with Gasteiger partial charge < -0.3 is 5.11 Å². The van der Waals surface area contributed by atoms with Gasteiger partial charge in [-0.25, -0.2) is 17.2 Å². The molecule has 0 saturated carbocycles. The van der Waals surface area contributed by atoms with Crippen LogP contribution in [0.3, 0.4) is 0 Å². The minimum absolute atomic E-state index is 0.541. The molecule has 0 heterocycles. The molecule has 0 aliphatic heterocycles. The third-order valence-corrected chi connectivity index (χ3v) is 2.49. The summed E-state index contributed by atoms with van der Waals surface area (Å²) in [6.45, 7) is 0. The molecule has 0 spiro atoms. The highest BCUT2D eigenvalue weighted by Crippen LogP contribution is 2.23. The number of hydrogen-bond acceptors (Lipinski definition) is 3. The molecule has 0 aromatic heterocycles. The molecule has 0 fully saturated rings. The molecular formula is C7H6F2O3S. The van der Waals surface area contributed by atoms with Crippen molar-refractivity contribution in [2.75, 3.05) is 6.26 Å². The van der Waals surface area contributed by atoms with Crippen LogP contribution in [-0.2, 0) is 9.84 Å². The molecule has 0 aliphatic rings. The van der Waals surface area contributed by atoms with Crippen molar-refractivity contribution in [2.45, 2.75) is 4.90 Å². The van der Waals surface area contributed by atoms with Gasteiger partial charge in [-0.15, -0.1) is 0 Å². The van der Waals surface area contributed by atoms with E-state index in [-0.39, 0.29) is 0 Å². The lowest BCUT2D eigenvalue weighted by Crippen LogP contribution is -2.03. The first-order valence-electron chi connectivity index (χ1n) is 3.20. The van der Waals surface area contributed by atoms with Gasteiger partial charge in [0.05, 0.1) is 0 Å². The van der Waals surface area contributed by atoms with Crippen molar-refractivity contribution in [3.8, 4) is 5.75 Å². The van der Waals surface area contributed by atoms with Gasteiger partial charge in [-0.3, -0.25) is 0 Å². The fourth-order valence-corrected chi connectivity index (χ4v) is 1.73. The first-order valence-corrected chi connectivity index (χ1v) is 5.09.